The molecule has 9 heteroatoms. The molecule has 0 bridgehead atoms. The van der Waals surface area contributed by atoms with Gasteiger partial charge in [-0.25, -0.2) is 9.78 Å². The first-order valence-electron chi connectivity index (χ1n) is 14.8. The highest BCUT2D eigenvalue weighted by molar-refractivity contribution is 5.89. The number of fused-ring (bicyclic) bond motifs is 1. The Bertz CT molecular complexity index is 1310. The zero-order valence-corrected chi connectivity index (χ0v) is 24.7. The van der Waals surface area contributed by atoms with E-state index in [0.29, 0.717) is 23.4 Å². The zero-order valence-electron chi connectivity index (χ0n) is 24.7. The summed E-state index contributed by atoms with van der Waals surface area (Å²) >= 11 is 0. The van der Waals surface area contributed by atoms with Crippen molar-refractivity contribution < 1.29 is 14.3 Å². The number of amides is 1. The van der Waals surface area contributed by atoms with E-state index in [1.807, 2.05) is 44.4 Å². The average molecular weight is 549 g/mol. The lowest BCUT2D eigenvalue weighted by Gasteiger charge is -2.41. The third-order valence-electron chi connectivity index (χ3n) is 8.60. The van der Waals surface area contributed by atoms with Crippen molar-refractivity contribution in [3.05, 3.63) is 42.1 Å². The molecule has 1 aliphatic heterocycles. The molecule has 2 aromatic heterocycles. The predicted octanol–water partition coefficient (Wildman–Crippen LogP) is 5.72. The maximum Gasteiger partial charge on any atom is 0.412 e. The number of likely N-dealkylation sites (N-methyl/N-ethyl adjacent to an activating group) is 1. The summed E-state index contributed by atoms with van der Waals surface area (Å²) in [7, 11) is 3.83. The van der Waals surface area contributed by atoms with Crippen LogP contribution in [0.5, 0.6) is 5.75 Å². The maximum atomic E-state index is 12.4. The van der Waals surface area contributed by atoms with Crippen LogP contribution in [0.3, 0.4) is 0 Å². The molecule has 216 valence electrons. The number of carbonyl (C=O) groups is 1. The van der Waals surface area contributed by atoms with E-state index in [-0.39, 0.29) is 6.10 Å². The number of nitrogens with one attached hydrogen (secondary N) is 1. The van der Waals surface area contributed by atoms with Crippen molar-refractivity contribution in [1.29, 1.82) is 0 Å². The van der Waals surface area contributed by atoms with Gasteiger partial charge in [0.05, 0.1) is 29.7 Å². The number of aryl methyl sites for hydroxylation is 1. The fourth-order valence-electron chi connectivity index (χ4n) is 6.32. The number of imidazole rings is 1. The molecule has 5 rings (SSSR count). The number of methoxy groups -OCH3 is 1. The zero-order chi connectivity index (χ0) is 28.2. The Morgan fingerprint density at radius 1 is 1.15 bits per heavy atom. The van der Waals surface area contributed by atoms with Crippen LogP contribution in [0.4, 0.5) is 10.5 Å². The summed E-state index contributed by atoms with van der Waals surface area (Å²) in [5.74, 6) is 2.09. The molecule has 3 aromatic rings. The lowest BCUT2D eigenvalue weighted by molar-refractivity contribution is 0.0872. The average Bonchev–Trinajstić information content (AvgIpc) is 3.35. The van der Waals surface area contributed by atoms with Gasteiger partial charge in [0.1, 0.15) is 17.7 Å². The predicted molar refractivity (Wildman–Crippen MR) is 158 cm³/mol. The van der Waals surface area contributed by atoms with E-state index >= 15 is 0 Å². The summed E-state index contributed by atoms with van der Waals surface area (Å²) in [4.78, 5) is 27.4. The quantitative estimate of drug-likeness (QED) is 0.385. The molecule has 2 aliphatic rings. The molecule has 1 saturated heterocycles. The third kappa shape index (κ3) is 6.10. The first kappa shape index (κ1) is 28.4. The van der Waals surface area contributed by atoms with Crippen LogP contribution in [0.2, 0.25) is 0 Å². The van der Waals surface area contributed by atoms with Crippen molar-refractivity contribution in [2.45, 2.75) is 77.4 Å². The van der Waals surface area contributed by atoms with Gasteiger partial charge in [0.25, 0.3) is 0 Å². The minimum atomic E-state index is -0.478. The standard InChI is InChI=1S/C31H44N6O3/c1-6-7-21(2)40-31(38)33-26-13-10-24(20-27(26)39-5)28-29-22(3)32-14-15-37(29)30(34-28)23-8-11-25(12-9-23)36-18-16-35(4)17-19-36/h10,13-15,20-21,23,25H,6-9,11-12,16-19H2,1-5H3,(H,33,38)/t21?,23-,25-. The normalized spacial score (nSPS) is 21.3. The fraction of sp³-hybridized carbons (Fsp3) is 0.581. The third-order valence-corrected chi connectivity index (χ3v) is 8.60. The molecule has 1 saturated carbocycles. The number of carbonyl (C=O) groups excluding carboxylic acids is 1. The molecule has 2 fully saturated rings. The van der Waals surface area contributed by atoms with Gasteiger partial charge in [-0.15, -0.1) is 0 Å². The maximum absolute atomic E-state index is 12.4. The molecule has 3 heterocycles. The SMILES string of the molecule is CCCC(C)OC(=O)Nc1ccc(-c2nc([C@H]3CC[C@H](N4CCN(C)CC4)CC3)n3ccnc(C)c23)cc1OC. The number of piperazine rings is 1. The summed E-state index contributed by atoms with van der Waals surface area (Å²) in [5.41, 5.74) is 4.36. The highest BCUT2D eigenvalue weighted by Crippen LogP contribution is 2.39. The molecule has 1 aromatic carbocycles. The fourth-order valence-corrected chi connectivity index (χ4v) is 6.32. The van der Waals surface area contributed by atoms with Crippen LogP contribution in [-0.4, -0.2) is 82.7 Å². The molecule has 1 amide bonds. The number of rotatable bonds is 8. The van der Waals surface area contributed by atoms with Gasteiger partial charge in [-0.3, -0.25) is 19.6 Å². The molecular weight excluding hydrogens is 504 g/mol. The molecule has 1 N–H and O–H groups in total. The van der Waals surface area contributed by atoms with E-state index < -0.39 is 6.09 Å². The van der Waals surface area contributed by atoms with Gasteiger partial charge < -0.3 is 14.4 Å². The lowest BCUT2D eigenvalue weighted by Crippen LogP contribution is -2.49. The number of aromatic nitrogens is 3. The molecule has 1 unspecified atom stereocenters. The van der Waals surface area contributed by atoms with Crippen molar-refractivity contribution in [2.75, 3.05) is 45.7 Å². The number of ether oxygens (including phenoxy) is 2. The Morgan fingerprint density at radius 2 is 1.90 bits per heavy atom. The van der Waals surface area contributed by atoms with Crippen LogP contribution in [-0.2, 0) is 4.74 Å². The van der Waals surface area contributed by atoms with Crippen LogP contribution in [0.15, 0.2) is 30.6 Å². The Kier molecular flexibility index (Phi) is 8.90. The molecule has 1 aliphatic carbocycles. The van der Waals surface area contributed by atoms with Crippen molar-refractivity contribution in [3.8, 4) is 17.0 Å². The molecule has 1 atom stereocenters. The highest BCUT2D eigenvalue weighted by Gasteiger charge is 2.31. The van der Waals surface area contributed by atoms with Crippen molar-refractivity contribution >= 4 is 17.3 Å². The van der Waals surface area contributed by atoms with Gasteiger partial charge in [-0.2, -0.15) is 0 Å². The number of nitrogens with zero attached hydrogens (tertiary/aromatic N) is 5. The summed E-state index contributed by atoms with van der Waals surface area (Å²) in [6, 6.07) is 6.46. The second-order valence-corrected chi connectivity index (χ2v) is 11.4. The van der Waals surface area contributed by atoms with Gasteiger partial charge >= 0.3 is 6.09 Å². The number of hydrogen-bond acceptors (Lipinski definition) is 7. The van der Waals surface area contributed by atoms with Gasteiger partial charge in [-0.05, 0) is 65.1 Å². The largest absolute Gasteiger partial charge is 0.495 e. The summed E-state index contributed by atoms with van der Waals surface area (Å²) in [6.45, 7) is 10.7. The Morgan fingerprint density at radius 3 is 2.60 bits per heavy atom. The van der Waals surface area contributed by atoms with Gasteiger partial charge in [0.2, 0.25) is 0 Å². The lowest BCUT2D eigenvalue weighted by atomic mass is 9.84. The minimum Gasteiger partial charge on any atom is -0.495 e. The van der Waals surface area contributed by atoms with Crippen LogP contribution >= 0.6 is 0 Å². The van der Waals surface area contributed by atoms with E-state index in [1.54, 1.807) is 7.11 Å². The van der Waals surface area contributed by atoms with E-state index in [0.717, 1.165) is 67.1 Å². The van der Waals surface area contributed by atoms with Crippen LogP contribution in [0.1, 0.15) is 69.8 Å². The first-order valence-corrected chi connectivity index (χ1v) is 14.8. The molecule has 40 heavy (non-hydrogen) atoms. The number of hydrogen-bond donors (Lipinski definition) is 1. The second kappa shape index (κ2) is 12.6. The van der Waals surface area contributed by atoms with Gasteiger partial charge in [-0.1, -0.05) is 19.4 Å². The van der Waals surface area contributed by atoms with Crippen molar-refractivity contribution in [3.63, 3.8) is 0 Å². The van der Waals surface area contributed by atoms with E-state index in [4.69, 9.17) is 14.5 Å². The van der Waals surface area contributed by atoms with Crippen molar-refractivity contribution in [2.24, 2.45) is 0 Å². The molecule has 0 spiro atoms. The van der Waals surface area contributed by atoms with Gasteiger partial charge in [0, 0.05) is 56.1 Å². The summed E-state index contributed by atoms with van der Waals surface area (Å²) < 4.78 is 13.4. The van der Waals surface area contributed by atoms with E-state index in [2.05, 4.69) is 38.5 Å². The molecular formula is C31H44N6O3. The Labute approximate surface area is 237 Å². The Balaban J connectivity index is 1.37. The topological polar surface area (TPSA) is 84.2 Å². The first-order chi connectivity index (χ1) is 19.4. The van der Waals surface area contributed by atoms with Crippen LogP contribution in [0.25, 0.3) is 16.8 Å². The van der Waals surface area contributed by atoms with Crippen LogP contribution in [0, 0.1) is 6.92 Å². The molecule has 0 radical (unpaired) electrons. The summed E-state index contributed by atoms with van der Waals surface area (Å²) in [5, 5.41) is 2.84. The molecule has 9 nitrogen and oxygen atoms in total. The highest BCUT2D eigenvalue weighted by atomic mass is 16.6. The van der Waals surface area contributed by atoms with E-state index in [9.17, 15) is 4.79 Å². The van der Waals surface area contributed by atoms with Crippen LogP contribution < -0.4 is 10.1 Å². The monoisotopic (exact) mass is 548 g/mol. The number of anilines is 1. The van der Waals surface area contributed by atoms with Gasteiger partial charge in [0.15, 0.2) is 0 Å². The summed E-state index contributed by atoms with van der Waals surface area (Å²) in [6.07, 6.45) is 9.78. The minimum absolute atomic E-state index is 0.141. The van der Waals surface area contributed by atoms with E-state index in [1.165, 1.54) is 25.9 Å². The smallest absolute Gasteiger partial charge is 0.412 e. The number of benzene rings is 1. The second-order valence-electron chi connectivity index (χ2n) is 11.4. The van der Waals surface area contributed by atoms with Crippen molar-refractivity contribution in [1.82, 2.24) is 24.2 Å². The Hall–Kier alpha value is -3.17.